The van der Waals surface area contributed by atoms with E-state index in [1.165, 1.54) is 0 Å². The van der Waals surface area contributed by atoms with E-state index >= 15 is 0 Å². The molecule has 0 saturated heterocycles. The van der Waals surface area contributed by atoms with Crippen molar-refractivity contribution in [2.45, 2.75) is 25.2 Å². The number of hydrogen-bond donors (Lipinski definition) is 0. The van der Waals surface area contributed by atoms with Crippen molar-refractivity contribution < 1.29 is 19.1 Å². The highest BCUT2D eigenvalue weighted by molar-refractivity contribution is 6.34. The number of fused-ring (bicyclic) bond motifs is 4. The monoisotopic (exact) mass is 373 g/mol. The molecule has 28 heavy (non-hydrogen) atoms. The zero-order valence-corrected chi connectivity index (χ0v) is 16.0. The molecule has 2 aromatic carbocycles. The van der Waals surface area contributed by atoms with Gasteiger partial charge in [0.15, 0.2) is 11.6 Å². The van der Waals surface area contributed by atoms with Gasteiger partial charge in [0.25, 0.3) is 0 Å². The summed E-state index contributed by atoms with van der Waals surface area (Å²) in [6, 6.07) is 11.1. The minimum absolute atomic E-state index is 0.136. The van der Waals surface area contributed by atoms with Gasteiger partial charge in [0, 0.05) is 22.4 Å². The van der Waals surface area contributed by atoms with E-state index in [2.05, 4.69) is 4.98 Å². The van der Waals surface area contributed by atoms with Crippen LogP contribution in [0.4, 0.5) is 0 Å². The number of hydrogen-bond acceptors (Lipinski definition) is 5. The van der Waals surface area contributed by atoms with E-state index in [0.29, 0.717) is 46.5 Å². The fraction of sp³-hybridized carbons (Fsp3) is 0.261. The molecule has 1 spiro atoms. The number of methoxy groups -OCH3 is 2. The lowest BCUT2D eigenvalue weighted by molar-refractivity contribution is 0.0792. The third-order valence-corrected chi connectivity index (χ3v) is 6.03. The van der Waals surface area contributed by atoms with Crippen molar-refractivity contribution in [1.82, 2.24) is 4.98 Å². The lowest BCUT2D eigenvalue weighted by Gasteiger charge is -2.24. The van der Waals surface area contributed by atoms with Gasteiger partial charge in [-0.15, -0.1) is 0 Å². The topological polar surface area (TPSA) is 65.5 Å². The Labute approximate surface area is 162 Å². The summed E-state index contributed by atoms with van der Waals surface area (Å²) in [5.74, 6) is 0.683. The summed E-state index contributed by atoms with van der Waals surface area (Å²) in [4.78, 5) is 31.4. The van der Waals surface area contributed by atoms with Crippen LogP contribution < -0.4 is 9.47 Å². The van der Waals surface area contributed by atoms with E-state index in [4.69, 9.17) is 9.47 Å². The Morgan fingerprint density at radius 2 is 1.68 bits per heavy atom. The predicted octanol–water partition coefficient (Wildman–Crippen LogP) is 3.82. The Morgan fingerprint density at radius 3 is 2.29 bits per heavy atom. The molecule has 2 aliphatic rings. The van der Waals surface area contributed by atoms with E-state index in [-0.39, 0.29) is 11.6 Å². The van der Waals surface area contributed by atoms with Gasteiger partial charge in [-0.2, -0.15) is 0 Å². The number of carbonyl (C=O) groups is 2. The summed E-state index contributed by atoms with van der Waals surface area (Å²) in [6.07, 6.45) is 1.10. The van der Waals surface area contributed by atoms with E-state index in [0.717, 1.165) is 16.6 Å². The third kappa shape index (κ3) is 1.88. The lowest BCUT2D eigenvalue weighted by atomic mass is 9.76. The largest absolute Gasteiger partial charge is 0.496 e. The average molecular weight is 373 g/mol. The van der Waals surface area contributed by atoms with Crippen LogP contribution in [-0.2, 0) is 11.8 Å². The van der Waals surface area contributed by atoms with Crippen LogP contribution >= 0.6 is 0 Å². The Hall–Kier alpha value is -3.21. The van der Waals surface area contributed by atoms with Crippen molar-refractivity contribution in [2.75, 3.05) is 14.2 Å². The molecule has 1 aromatic heterocycles. The maximum Gasteiger partial charge on any atom is 0.225 e. The predicted molar refractivity (Wildman–Crippen MR) is 105 cm³/mol. The summed E-state index contributed by atoms with van der Waals surface area (Å²) in [5.41, 5.74) is 2.27. The maximum atomic E-state index is 13.5. The van der Waals surface area contributed by atoms with Crippen LogP contribution in [-0.4, -0.2) is 30.8 Å². The SMILES string of the molecule is COc1nc(C)cc2cc3c(c(OC)c12)C1(CC3)C(=O)c2ccccc2C1=O. The molecule has 5 nitrogen and oxygen atoms in total. The molecule has 3 aromatic rings. The van der Waals surface area contributed by atoms with Crippen molar-refractivity contribution in [2.24, 2.45) is 0 Å². The quantitative estimate of drug-likeness (QED) is 0.639. The number of pyridine rings is 1. The molecule has 5 heteroatoms. The van der Waals surface area contributed by atoms with Crippen LogP contribution in [0.5, 0.6) is 11.6 Å². The molecule has 0 amide bonds. The van der Waals surface area contributed by atoms with Crippen LogP contribution in [0.1, 0.15) is 44.0 Å². The fourth-order valence-corrected chi connectivity index (χ4v) is 4.90. The van der Waals surface area contributed by atoms with Crippen LogP contribution in [0.3, 0.4) is 0 Å². The van der Waals surface area contributed by atoms with Crippen molar-refractivity contribution in [1.29, 1.82) is 0 Å². The number of ether oxygens (including phenoxy) is 2. The molecule has 0 N–H and O–H groups in total. The van der Waals surface area contributed by atoms with E-state index in [1.807, 2.05) is 19.1 Å². The molecule has 140 valence electrons. The number of aryl methyl sites for hydroxylation is 2. The Kier molecular flexibility index (Phi) is 3.41. The Bertz CT molecular complexity index is 1160. The van der Waals surface area contributed by atoms with Crippen molar-refractivity contribution in [3.8, 4) is 11.6 Å². The summed E-state index contributed by atoms with van der Waals surface area (Å²) in [5, 5.41) is 1.64. The number of aromatic nitrogens is 1. The summed E-state index contributed by atoms with van der Waals surface area (Å²) in [6.45, 7) is 1.91. The van der Waals surface area contributed by atoms with Crippen LogP contribution in [0.15, 0.2) is 36.4 Å². The highest BCUT2D eigenvalue weighted by Gasteiger charge is 2.58. The first-order chi connectivity index (χ1) is 13.5. The molecule has 1 heterocycles. The summed E-state index contributed by atoms with van der Waals surface area (Å²) in [7, 11) is 3.13. The first kappa shape index (κ1) is 16.9. The molecule has 0 saturated carbocycles. The normalized spacial score (nSPS) is 16.5. The van der Waals surface area contributed by atoms with Gasteiger partial charge in [-0.25, -0.2) is 4.98 Å². The number of carbonyl (C=O) groups excluding carboxylic acids is 2. The number of nitrogens with zero attached hydrogens (tertiary/aromatic N) is 1. The number of Topliss-reactive ketones (excluding diaryl/α,β-unsaturated/α-hetero) is 2. The second kappa shape index (κ2) is 5.64. The van der Waals surface area contributed by atoms with E-state index in [1.54, 1.807) is 38.5 Å². The smallest absolute Gasteiger partial charge is 0.225 e. The van der Waals surface area contributed by atoms with Gasteiger partial charge in [0.1, 0.15) is 11.2 Å². The molecular weight excluding hydrogens is 354 g/mol. The van der Waals surface area contributed by atoms with Crippen molar-refractivity contribution in [3.63, 3.8) is 0 Å². The van der Waals surface area contributed by atoms with E-state index < -0.39 is 5.41 Å². The average Bonchev–Trinajstić information content (AvgIpc) is 3.19. The molecular formula is C23H19NO4. The highest BCUT2D eigenvalue weighted by Crippen LogP contribution is 2.54. The zero-order valence-electron chi connectivity index (χ0n) is 16.0. The molecule has 0 aliphatic heterocycles. The van der Waals surface area contributed by atoms with Crippen LogP contribution in [0, 0.1) is 6.92 Å². The molecule has 0 atom stereocenters. The van der Waals surface area contributed by atoms with Crippen LogP contribution in [0.25, 0.3) is 10.8 Å². The molecule has 0 unspecified atom stereocenters. The molecule has 5 rings (SSSR count). The number of ketones is 2. The summed E-state index contributed by atoms with van der Waals surface area (Å²) < 4.78 is 11.3. The number of benzene rings is 2. The van der Waals surface area contributed by atoms with Crippen LogP contribution in [0.2, 0.25) is 0 Å². The van der Waals surface area contributed by atoms with Gasteiger partial charge in [-0.1, -0.05) is 30.3 Å². The van der Waals surface area contributed by atoms with Gasteiger partial charge >= 0.3 is 0 Å². The second-order valence-electron chi connectivity index (χ2n) is 7.42. The first-order valence-corrected chi connectivity index (χ1v) is 9.27. The standard InChI is InChI=1S/C23H19NO4/c1-12-10-14-11-13-8-9-23(18(13)19(27-2)17(14)22(24-12)28-3)20(25)15-6-4-5-7-16(15)21(23)26/h4-7,10-11H,8-9H2,1-3H3. The minimum atomic E-state index is -1.21. The Morgan fingerprint density at radius 1 is 1.00 bits per heavy atom. The highest BCUT2D eigenvalue weighted by atomic mass is 16.5. The van der Waals surface area contributed by atoms with Gasteiger partial charge in [-0.3, -0.25) is 9.59 Å². The number of rotatable bonds is 2. The third-order valence-electron chi connectivity index (χ3n) is 6.03. The Balaban J connectivity index is 1.88. The maximum absolute atomic E-state index is 13.5. The minimum Gasteiger partial charge on any atom is -0.496 e. The molecule has 0 fully saturated rings. The molecule has 0 bridgehead atoms. The van der Waals surface area contributed by atoms with Gasteiger partial charge in [0.05, 0.1) is 19.6 Å². The van der Waals surface area contributed by atoms with Gasteiger partial charge in [-0.05, 0) is 36.8 Å². The van der Waals surface area contributed by atoms with Gasteiger partial charge < -0.3 is 9.47 Å². The fourth-order valence-electron chi connectivity index (χ4n) is 4.90. The van der Waals surface area contributed by atoms with Crippen molar-refractivity contribution in [3.05, 3.63) is 64.3 Å². The zero-order chi connectivity index (χ0) is 19.6. The second-order valence-corrected chi connectivity index (χ2v) is 7.42. The van der Waals surface area contributed by atoms with Crippen molar-refractivity contribution >= 4 is 22.3 Å². The van der Waals surface area contributed by atoms with Gasteiger partial charge in [0.2, 0.25) is 5.88 Å². The molecule has 2 aliphatic carbocycles. The van der Waals surface area contributed by atoms with E-state index in [9.17, 15) is 9.59 Å². The summed E-state index contributed by atoms with van der Waals surface area (Å²) >= 11 is 0. The first-order valence-electron chi connectivity index (χ1n) is 9.27. The lowest BCUT2D eigenvalue weighted by Crippen LogP contribution is -2.36. The molecule has 0 radical (unpaired) electrons.